The van der Waals surface area contributed by atoms with Crippen molar-refractivity contribution in [2.45, 2.75) is 6.92 Å². The number of hydrogen-bond donors (Lipinski definition) is 2. The van der Waals surface area contributed by atoms with Gasteiger partial charge in [-0.25, -0.2) is 0 Å². The van der Waals surface area contributed by atoms with Gasteiger partial charge in [0.2, 0.25) is 0 Å². The summed E-state index contributed by atoms with van der Waals surface area (Å²) in [5.74, 6) is -0.124. The van der Waals surface area contributed by atoms with Crippen LogP contribution in [-0.4, -0.2) is 16.7 Å². The molecule has 2 amide bonds. The van der Waals surface area contributed by atoms with E-state index in [0.717, 1.165) is 6.07 Å². The van der Waals surface area contributed by atoms with Crippen LogP contribution >= 0.6 is 11.6 Å². The Hall–Kier alpha value is -3.13. The molecule has 0 radical (unpaired) electrons. The van der Waals surface area contributed by atoms with E-state index in [4.69, 9.17) is 16.0 Å². The maximum absolute atomic E-state index is 11.9. The van der Waals surface area contributed by atoms with Crippen LogP contribution in [0.5, 0.6) is 0 Å². The van der Waals surface area contributed by atoms with Gasteiger partial charge in [-0.1, -0.05) is 11.6 Å². The number of amides is 2. The fraction of sp³-hybridized carbons (Fsp3) is 0.0667. The minimum absolute atomic E-state index is 0.0166. The molecule has 124 valence electrons. The van der Waals surface area contributed by atoms with Crippen molar-refractivity contribution in [1.82, 2.24) is 10.9 Å². The van der Waals surface area contributed by atoms with Crippen molar-refractivity contribution in [3.05, 3.63) is 68.6 Å². The quantitative estimate of drug-likeness (QED) is 0.500. The van der Waals surface area contributed by atoms with E-state index in [-0.39, 0.29) is 10.6 Å². The van der Waals surface area contributed by atoms with Crippen LogP contribution < -0.4 is 10.9 Å². The average Bonchev–Trinajstić information content (AvgIpc) is 2.96. The van der Waals surface area contributed by atoms with Crippen molar-refractivity contribution in [3.63, 3.8) is 0 Å². The predicted molar refractivity (Wildman–Crippen MR) is 86.2 cm³/mol. The highest BCUT2D eigenvalue weighted by Crippen LogP contribution is 2.24. The van der Waals surface area contributed by atoms with Gasteiger partial charge in [0.25, 0.3) is 17.5 Å². The Balaban J connectivity index is 1.95. The number of nitro groups is 1. The van der Waals surface area contributed by atoms with Crippen LogP contribution in [0.1, 0.15) is 21.9 Å². The highest BCUT2D eigenvalue weighted by molar-refractivity contribution is 6.32. The molecule has 8 nitrogen and oxygen atoms in total. The lowest BCUT2D eigenvalue weighted by molar-refractivity contribution is -0.384. The first-order valence-electron chi connectivity index (χ1n) is 6.65. The number of aryl methyl sites for hydroxylation is 1. The average molecular weight is 350 g/mol. The number of rotatable bonds is 4. The molecule has 0 spiro atoms. The molecule has 2 N–H and O–H groups in total. The summed E-state index contributed by atoms with van der Waals surface area (Å²) in [7, 11) is 0. The number of nitrogens with zero attached hydrogens (tertiary/aromatic N) is 1. The lowest BCUT2D eigenvalue weighted by atomic mass is 10.2. The van der Waals surface area contributed by atoms with Crippen LogP contribution in [0.2, 0.25) is 5.02 Å². The van der Waals surface area contributed by atoms with E-state index in [2.05, 4.69) is 10.9 Å². The van der Waals surface area contributed by atoms with Crippen LogP contribution in [0, 0.1) is 17.0 Å². The third kappa shape index (κ3) is 4.43. The van der Waals surface area contributed by atoms with E-state index < -0.39 is 22.4 Å². The summed E-state index contributed by atoms with van der Waals surface area (Å²) < 4.78 is 5.25. The SMILES string of the molecule is Cc1ccc(C=CC(=O)NNC(=O)c2ccc(Cl)c([N+](=O)[O-])c2)o1. The Labute approximate surface area is 141 Å². The molecular formula is C15H12ClN3O5. The molecule has 24 heavy (non-hydrogen) atoms. The molecule has 9 heteroatoms. The van der Waals surface area contributed by atoms with Gasteiger partial charge in [0, 0.05) is 17.7 Å². The molecule has 0 saturated carbocycles. The Morgan fingerprint density at radius 3 is 2.62 bits per heavy atom. The summed E-state index contributed by atoms with van der Waals surface area (Å²) in [5, 5.41) is 10.7. The molecule has 2 rings (SSSR count). The molecule has 0 aliphatic rings. The molecule has 0 fully saturated rings. The number of hydrogen-bond acceptors (Lipinski definition) is 5. The molecule has 0 aliphatic heterocycles. The molecule has 0 atom stereocenters. The molecule has 0 saturated heterocycles. The summed E-state index contributed by atoms with van der Waals surface area (Å²) >= 11 is 5.66. The topological polar surface area (TPSA) is 114 Å². The maximum Gasteiger partial charge on any atom is 0.288 e. The lowest BCUT2D eigenvalue weighted by Gasteiger charge is -2.05. The second-order valence-electron chi connectivity index (χ2n) is 4.65. The first kappa shape index (κ1) is 17.2. The minimum Gasteiger partial charge on any atom is -0.462 e. The van der Waals surface area contributed by atoms with E-state index >= 15 is 0 Å². The van der Waals surface area contributed by atoms with Gasteiger partial charge in [-0.2, -0.15) is 0 Å². The zero-order valence-electron chi connectivity index (χ0n) is 12.4. The fourth-order valence-electron chi connectivity index (χ4n) is 1.73. The van der Waals surface area contributed by atoms with Gasteiger partial charge in [-0.3, -0.25) is 30.6 Å². The van der Waals surface area contributed by atoms with Crippen molar-refractivity contribution in [3.8, 4) is 0 Å². The normalized spacial score (nSPS) is 10.6. The monoisotopic (exact) mass is 349 g/mol. The Kier molecular flexibility index (Phi) is 5.33. The van der Waals surface area contributed by atoms with E-state index in [9.17, 15) is 19.7 Å². The smallest absolute Gasteiger partial charge is 0.288 e. The number of benzene rings is 1. The van der Waals surface area contributed by atoms with Crippen LogP contribution in [0.3, 0.4) is 0 Å². The zero-order valence-corrected chi connectivity index (χ0v) is 13.2. The summed E-state index contributed by atoms with van der Waals surface area (Å²) in [6, 6.07) is 6.98. The number of hydrazine groups is 1. The van der Waals surface area contributed by atoms with Crippen molar-refractivity contribution >= 4 is 35.2 Å². The van der Waals surface area contributed by atoms with Crippen molar-refractivity contribution in [2.24, 2.45) is 0 Å². The highest BCUT2D eigenvalue weighted by Gasteiger charge is 2.16. The lowest BCUT2D eigenvalue weighted by Crippen LogP contribution is -2.40. The van der Waals surface area contributed by atoms with E-state index in [1.807, 2.05) is 0 Å². The second-order valence-corrected chi connectivity index (χ2v) is 5.06. The van der Waals surface area contributed by atoms with Crippen LogP contribution in [0.4, 0.5) is 5.69 Å². The largest absolute Gasteiger partial charge is 0.462 e. The Morgan fingerprint density at radius 1 is 1.25 bits per heavy atom. The molecule has 1 aromatic carbocycles. The van der Waals surface area contributed by atoms with Crippen LogP contribution in [-0.2, 0) is 4.79 Å². The van der Waals surface area contributed by atoms with E-state index in [1.54, 1.807) is 19.1 Å². The van der Waals surface area contributed by atoms with Crippen molar-refractivity contribution < 1.29 is 18.9 Å². The summed E-state index contributed by atoms with van der Waals surface area (Å²) in [4.78, 5) is 33.6. The molecule has 0 aliphatic carbocycles. The number of furan rings is 1. The Morgan fingerprint density at radius 2 is 2.00 bits per heavy atom. The van der Waals surface area contributed by atoms with Gasteiger partial charge in [0.1, 0.15) is 16.5 Å². The van der Waals surface area contributed by atoms with Gasteiger partial charge in [0.05, 0.1) is 4.92 Å². The highest BCUT2D eigenvalue weighted by atomic mass is 35.5. The van der Waals surface area contributed by atoms with Gasteiger partial charge < -0.3 is 4.42 Å². The second kappa shape index (κ2) is 7.42. The third-order valence-electron chi connectivity index (χ3n) is 2.86. The minimum atomic E-state index is -0.717. The van der Waals surface area contributed by atoms with E-state index in [1.165, 1.54) is 24.3 Å². The van der Waals surface area contributed by atoms with Gasteiger partial charge in [0.15, 0.2) is 0 Å². The molecule has 0 bridgehead atoms. The number of nitrogens with one attached hydrogen (secondary N) is 2. The maximum atomic E-state index is 11.9. The molecular weight excluding hydrogens is 338 g/mol. The fourth-order valence-corrected chi connectivity index (χ4v) is 1.91. The summed E-state index contributed by atoms with van der Waals surface area (Å²) in [6.07, 6.45) is 2.60. The zero-order chi connectivity index (χ0) is 17.7. The molecule has 2 aromatic rings. The number of nitro benzene ring substituents is 1. The third-order valence-corrected chi connectivity index (χ3v) is 3.18. The molecule has 1 heterocycles. The van der Waals surface area contributed by atoms with Crippen molar-refractivity contribution in [2.75, 3.05) is 0 Å². The standard InChI is InChI=1S/C15H12ClN3O5/c1-9-2-4-11(24-9)5-7-14(20)17-18-15(21)10-3-6-12(16)13(8-10)19(22)23/h2-8H,1H3,(H,17,20)(H,18,21). The summed E-state index contributed by atoms with van der Waals surface area (Å²) in [5.41, 5.74) is 3.88. The first-order valence-corrected chi connectivity index (χ1v) is 7.03. The van der Waals surface area contributed by atoms with Gasteiger partial charge in [-0.15, -0.1) is 0 Å². The van der Waals surface area contributed by atoms with Gasteiger partial charge in [-0.05, 0) is 37.3 Å². The molecule has 1 aromatic heterocycles. The summed E-state index contributed by atoms with van der Waals surface area (Å²) in [6.45, 7) is 1.77. The number of carbonyl (C=O) groups excluding carboxylic acids is 2. The van der Waals surface area contributed by atoms with Crippen LogP contribution in [0.15, 0.2) is 40.8 Å². The number of halogens is 1. The Bertz CT molecular complexity index is 828. The predicted octanol–water partition coefficient (Wildman–Crippen LogP) is 2.62. The van der Waals surface area contributed by atoms with Crippen molar-refractivity contribution in [1.29, 1.82) is 0 Å². The van der Waals surface area contributed by atoms with Crippen LogP contribution in [0.25, 0.3) is 6.08 Å². The van der Waals surface area contributed by atoms with E-state index in [0.29, 0.717) is 11.5 Å². The van der Waals surface area contributed by atoms with Gasteiger partial charge >= 0.3 is 0 Å². The first-order chi connectivity index (χ1) is 11.4. The molecule has 0 unspecified atom stereocenters. The number of carbonyl (C=O) groups is 2.